The van der Waals surface area contributed by atoms with Crippen molar-refractivity contribution in [3.05, 3.63) is 0 Å². The summed E-state index contributed by atoms with van der Waals surface area (Å²) >= 11 is 0. The topological polar surface area (TPSA) is 182 Å². The van der Waals surface area contributed by atoms with Crippen molar-refractivity contribution < 1.29 is 123 Å². The largest absolute Gasteiger partial charge is 1.00 e. The summed E-state index contributed by atoms with van der Waals surface area (Å²) in [5.41, 5.74) is 0. The molecule has 0 saturated carbocycles. The van der Waals surface area contributed by atoms with Crippen molar-refractivity contribution in [2.24, 2.45) is 0 Å². The summed E-state index contributed by atoms with van der Waals surface area (Å²) in [6.45, 7) is 0. The molecular weight excluding hydrogens is 334 g/mol. The fourth-order valence-electron chi connectivity index (χ4n) is 0. The molecule has 0 aromatic carbocycles. The fourth-order valence-corrected chi connectivity index (χ4v) is 0. The Kier molecular flexibility index (Phi) is 32.9. The molecule has 0 N–H and O–H groups in total. The van der Waals surface area contributed by atoms with Gasteiger partial charge in [0.05, 0.1) is 0 Å². The monoisotopic (exact) mass is 334 g/mol. The van der Waals surface area contributed by atoms with Crippen LogP contribution in [0.3, 0.4) is 0 Å². The van der Waals surface area contributed by atoms with E-state index >= 15 is 0 Å². The van der Waals surface area contributed by atoms with E-state index in [0.29, 0.717) is 0 Å². The van der Waals surface area contributed by atoms with E-state index in [4.69, 9.17) is 47.5 Å². The molecule has 9 nitrogen and oxygen atoms in total. The first kappa shape index (κ1) is 30.4. The van der Waals surface area contributed by atoms with Gasteiger partial charge in [0, 0.05) is 23.7 Å². The Morgan fingerprint density at radius 3 is 0.800 bits per heavy atom. The summed E-state index contributed by atoms with van der Waals surface area (Å²) in [7, 11) is -10.8. The van der Waals surface area contributed by atoms with Crippen LogP contribution in [0.2, 0.25) is 0 Å². The minimum absolute atomic E-state index is 0. The maximum absolute atomic E-state index is 9.12. The molecule has 0 unspecified atom stereocenters. The standard InChI is InChI=1S/F2O.K.2H3O4P.V/c1-3-2;;2*1-5(2,3)4;/h;;2*(H3,1,2,3,4);/q;+1;;;/p-6. The second-order valence-electron chi connectivity index (χ2n) is 0.953. The molecule has 15 heavy (non-hydrogen) atoms. The van der Waals surface area contributed by atoms with Gasteiger partial charge in [-0.25, -0.2) is 0 Å². The minimum Gasteiger partial charge on any atom is -0.822 e. The first-order chi connectivity index (χ1) is 5.41. The van der Waals surface area contributed by atoms with Crippen molar-refractivity contribution in [3.63, 3.8) is 0 Å². The van der Waals surface area contributed by atoms with Crippen LogP contribution in [-0.2, 0) is 32.8 Å². The molecule has 0 heterocycles. The number of hydrogen-bond donors (Lipinski definition) is 0. The number of hydrogen-bond acceptors (Lipinski definition) is 9. The van der Waals surface area contributed by atoms with E-state index in [1.165, 1.54) is 5.15 Å². The van der Waals surface area contributed by atoms with Crippen molar-refractivity contribution in [3.8, 4) is 0 Å². The summed E-state index contributed by atoms with van der Waals surface area (Å²) in [6.07, 6.45) is 0. The van der Waals surface area contributed by atoms with Gasteiger partial charge < -0.3 is 38.5 Å². The Morgan fingerprint density at radius 2 is 0.800 bits per heavy atom. The Hall–Kier alpha value is 2.26. The molecule has 15 heteroatoms. The van der Waals surface area contributed by atoms with Gasteiger partial charge in [0.25, 0.3) is 0 Å². The molecule has 0 spiro atoms. The van der Waals surface area contributed by atoms with Crippen LogP contribution in [0.25, 0.3) is 0 Å². The van der Waals surface area contributed by atoms with Crippen molar-refractivity contribution in [2.75, 3.05) is 0 Å². The van der Waals surface area contributed by atoms with Crippen LogP contribution < -0.4 is 80.7 Å². The van der Waals surface area contributed by atoms with E-state index in [9.17, 15) is 0 Å². The summed E-state index contributed by atoms with van der Waals surface area (Å²) < 4.78 is 35.3. The van der Waals surface area contributed by atoms with Crippen molar-refractivity contribution in [2.45, 2.75) is 0 Å². The molecule has 0 aliphatic rings. The van der Waals surface area contributed by atoms with Gasteiger partial charge in [0.2, 0.25) is 0 Å². The van der Waals surface area contributed by atoms with Crippen LogP contribution in [0.1, 0.15) is 0 Å². The molecular formula is F2KO9P2V-5. The fraction of sp³-hybridized carbons (Fsp3) is 0. The molecule has 0 saturated heterocycles. The average molecular weight is 334 g/mol. The first-order valence-electron chi connectivity index (χ1n) is 1.77. The Balaban J connectivity index is -0.0000000322. The molecule has 0 aliphatic heterocycles. The SMILES string of the molecule is FOF.O=P([O-])([O-])[O-].O=P([O-])([O-])[O-].[K+].[V]. The number of halogens is 2. The van der Waals surface area contributed by atoms with Crippen LogP contribution in [0.15, 0.2) is 0 Å². The summed E-state index contributed by atoms with van der Waals surface area (Å²) in [4.78, 5) is 51.3. The third kappa shape index (κ3) is 647. The Labute approximate surface area is 136 Å². The molecule has 0 aliphatic carbocycles. The zero-order chi connectivity index (χ0) is 11.7. The van der Waals surface area contributed by atoms with Crippen LogP contribution in [-0.4, -0.2) is 0 Å². The maximum Gasteiger partial charge on any atom is 1.00 e. The van der Waals surface area contributed by atoms with Crippen molar-refractivity contribution >= 4 is 15.6 Å². The van der Waals surface area contributed by atoms with E-state index in [1.54, 1.807) is 0 Å². The molecule has 0 rings (SSSR count). The van der Waals surface area contributed by atoms with Gasteiger partial charge in [-0.3, -0.25) is 0 Å². The molecule has 89 valence electrons. The van der Waals surface area contributed by atoms with E-state index in [0.717, 1.165) is 0 Å². The quantitative estimate of drug-likeness (QED) is 0.307. The van der Waals surface area contributed by atoms with E-state index in [1.807, 2.05) is 0 Å². The summed E-state index contributed by atoms with van der Waals surface area (Å²) in [5, 5.41) is 1.25. The summed E-state index contributed by atoms with van der Waals surface area (Å²) in [6, 6.07) is 0. The van der Waals surface area contributed by atoms with E-state index in [-0.39, 0.29) is 69.9 Å². The second-order valence-corrected chi connectivity index (χ2v) is 2.74. The smallest absolute Gasteiger partial charge is 0.822 e. The molecule has 0 amide bonds. The predicted molar refractivity (Wildman–Crippen MR) is 18.5 cm³/mol. The Bertz CT molecular complexity index is 150. The van der Waals surface area contributed by atoms with Gasteiger partial charge in [-0.15, -0.1) is 0 Å². The molecule has 0 aromatic rings. The van der Waals surface area contributed by atoms with Gasteiger partial charge in [0.1, 0.15) is 0 Å². The van der Waals surface area contributed by atoms with Crippen LogP contribution >= 0.6 is 15.6 Å². The Morgan fingerprint density at radius 1 is 0.800 bits per heavy atom. The second kappa shape index (κ2) is 16.3. The first-order valence-corrected chi connectivity index (χ1v) is 4.69. The average Bonchev–Trinajstić information content (AvgIpc) is 1.52. The number of phosphoric acid groups is 2. The van der Waals surface area contributed by atoms with Crippen molar-refractivity contribution in [1.29, 1.82) is 0 Å². The van der Waals surface area contributed by atoms with Gasteiger partial charge in [-0.2, -0.15) is 15.6 Å². The van der Waals surface area contributed by atoms with Gasteiger partial charge in [0.15, 0.2) is 0 Å². The molecule has 0 bridgehead atoms. The zero-order valence-electron chi connectivity index (χ0n) is 6.77. The molecule has 0 aromatic heterocycles. The van der Waals surface area contributed by atoms with Gasteiger partial charge >= 0.3 is 51.4 Å². The third-order valence-electron chi connectivity index (χ3n) is 0. The number of rotatable bonds is 0. The van der Waals surface area contributed by atoms with Crippen LogP contribution in [0, 0.1) is 0 Å². The minimum atomic E-state index is -5.39. The van der Waals surface area contributed by atoms with Crippen LogP contribution in [0.5, 0.6) is 0 Å². The van der Waals surface area contributed by atoms with E-state index < -0.39 is 15.6 Å². The van der Waals surface area contributed by atoms with Crippen LogP contribution in [0.4, 0.5) is 9.05 Å². The summed E-state index contributed by atoms with van der Waals surface area (Å²) in [5.74, 6) is 0. The molecule has 1 radical (unpaired) electrons. The van der Waals surface area contributed by atoms with Gasteiger partial charge in [-0.1, -0.05) is 0 Å². The van der Waals surface area contributed by atoms with E-state index in [2.05, 4.69) is 0 Å². The van der Waals surface area contributed by atoms with Crippen molar-refractivity contribution in [1.82, 2.24) is 0 Å². The molecule has 0 fully saturated rings. The van der Waals surface area contributed by atoms with Gasteiger partial charge in [-0.05, 0) is 9.05 Å². The maximum atomic E-state index is 9.12. The predicted octanol–water partition coefficient (Wildman–Crippen LogP) is -7.88. The zero-order valence-corrected chi connectivity index (χ0v) is 13.1. The normalized spacial score (nSPS) is 9.07. The molecule has 0 atom stereocenters. The third-order valence-corrected chi connectivity index (χ3v) is 0.